The van der Waals surface area contributed by atoms with Crippen LogP contribution in [0.5, 0.6) is 0 Å². The zero-order valence-electron chi connectivity index (χ0n) is 8.85. The lowest BCUT2D eigenvalue weighted by atomic mass is 10.0. The fourth-order valence-electron chi connectivity index (χ4n) is 1.54. The first-order valence-corrected chi connectivity index (χ1v) is 5.92. The summed E-state index contributed by atoms with van der Waals surface area (Å²) >= 11 is 11.6. The summed E-state index contributed by atoms with van der Waals surface area (Å²) in [6, 6.07) is 2.55. The third-order valence-electron chi connectivity index (χ3n) is 2.42. The van der Waals surface area contributed by atoms with E-state index in [4.69, 9.17) is 34.7 Å². The van der Waals surface area contributed by atoms with Gasteiger partial charge in [0.15, 0.2) is 0 Å². The maximum absolute atomic E-state index is 13.7. The van der Waals surface area contributed by atoms with E-state index in [1.165, 1.54) is 6.07 Å². The van der Waals surface area contributed by atoms with Crippen molar-refractivity contribution < 1.29 is 4.39 Å². The molecule has 1 rings (SSSR count). The summed E-state index contributed by atoms with van der Waals surface area (Å²) in [5.41, 5.74) is 11.6. The average Bonchev–Trinajstić information content (AvgIpc) is 2.24. The first-order chi connectivity index (χ1) is 7.57. The van der Waals surface area contributed by atoms with Crippen LogP contribution in [-0.4, -0.2) is 6.54 Å². The predicted octanol–water partition coefficient (Wildman–Crippen LogP) is 3.26. The molecule has 0 heterocycles. The smallest absolute Gasteiger partial charge is 0.148 e. The van der Waals surface area contributed by atoms with Crippen molar-refractivity contribution in [1.82, 2.24) is 0 Å². The van der Waals surface area contributed by atoms with Crippen molar-refractivity contribution >= 4 is 23.2 Å². The van der Waals surface area contributed by atoms with Gasteiger partial charge >= 0.3 is 0 Å². The van der Waals surface area contributed by atoms with Gasteiger partial charge in [0, 0.05) is 16.6 Å². The second-order valence-electron chi connectivity index (χ2n) is 3.65. The highest BCUT2D eigenvalue weighted by molar-refractivity contribution is 6.33. The van der Waals surface area contributed by atoms with Gasteiger partial charge in [-0.3, -0.25) is 0 Å². The molecule has 1 aromatic carbocycles. The molecule has 1 atom stereocenters. The molecule has 0 aliphatic heterocycles. The molecule has 16 heavy (non-hydrogen) atoms. The molecular weight excluding hydrogens is 250 g/mol. The van der Waals surface area contributed by atoms with Crippen LogP contribution in [0.4, 0.5) is 4.39 Å². The highest BCUT2D eigenvalue weighted by Gasteiger charge is 2.17. The number of nitrogens with two attached hydrogens (primary N) is 2. The molecule has 0 saturated carbocycles. The summed E-state index contributed by atoms with van der Waals surface area (Å²) in [6.45, 7) is 0.610. The lowest BCUT2D eigenvalue weighted by Gasteiger charge is -2.15. The molecule has 0 fully saturated rings. The molecule has 0 aliphatic carbocycles. The lowest BCUT2D eigenvalue weighted by Crippen LogP contribution is -2.13. The Kier molecular flexibility index (Phi) is 5.49. The number of rotatable bonds is 5. The van der Waals surface area contributed by atoms with Gasteiger partial charge in [-0.05, 0) is 31.5 Å². The van der Waals surface area contributed by atoms with E-state index in [-0.39, 0.29) is 5.02 Å². The predicted molar refractivity (Wildman–Crippen MR) is 66.3 cm³/mol. The van der Waals surface area contributed by atoms with Gasteiger partial charge in [-0.1, -0.05) is 29.6 Å². The Labute approximate surface area is 105 Å². The molecule has 0 radical (unpaired) electrons. The minimum Gasteiger partial charge on any atom is -0.330 e. The molecule has 2 nitrogen and oxygen atoms in total. The zero-order chi connectivity index (χ0) is 12.1. The van der Waals surface area contributed by atoms with Crippen LogP contribution in [0.25, 0.3) is 0 Å². The Morgan fingerprint density at radius 3 is 2.44 bits per heavy atom. The number of hydrogen-bond acceptors (Lipinski definition) is 2. The molecular formula is C11H15Cl2FN2. The molecule has 1 aromatic rings. The normalized spacial score (nSPS) is 12.8. The Hall–Kier alpha value is -0.350. The summed E-state index contributed by atoms with van der Waals surface area (Å²) in [5, 5.41) is 0.371. The van der Waals surface area contributed by atoms with Gasteiger partial charge in [0.1, 0.15) is 5.82 Å². The molecule has 0 aliphatic rings. The van der Waals surface area contributed by atoms with Gasteiger partial charge in [0.05, 0.1) is 5.02 Å². The van der Waals surface area contributed by atoms with Crippen LogP contribution in [0.3, 0.4) is 0 Å². The summed E-state index contributed by atoms with van der Waals surface area (Å²) in [7, 11) is 0. The van der Waals surface area contributed by atoms with Gasteiger partial charge in [0.2, 0.25) is 0 Å². The molecule has 0 bridgehead atoms. The molecule has 0 aromatic heterocycles. The van der Waals surface area contributed by atoms with Crippen LogP contribution < -0.4 is 11.5 Å². The molecule has 0 spiro atoms. The van der Waals surface area contributed by atoms with Gasteiger partial charge < -0.3 is 11.5 Å². The Morgan fingerprint density at radius 1 is 1.19 bits per heavy atom. The van der Waals surface area contributed by atoms with Crippen LogP contribution >= 0.6 is 23.2 Å². The SMILES string of the molecule is NCCCC[C@H](N)c1c(Cl)ccc(Cl)c1F. The van der Waals surface area contributed by atoms with E-state index < -0.39 is 11.9 Å². The van der Waals surface area contributed by atoms with Crippen molar-refractivity contribution in [2.24, 2.45) is 11.5 Å². The van der Waals surface area contributed by atoms with Crippen molar-refractivity contribution in [3.05, 3.63) is 33.6 Å². The minimum atomic E-state index is -0.519. The van der Waals surface area contributed by atoms with Crippen LogP contribution in [0.2, 0.25) is 10.0 Å². The molecule has 4 N–H and O–H groups in total. The fraction of sp³-hybridized carbons (Fsp3) is 0.455. The van der Waals surface area contributed by atoms with Crippen molar-refractivity contribution in [3.8, 4) is 0 Å². The van der Waals surface area contributed by atoms with E-state index in [2.05, 4.69) is 0 Å². The van der Waals surface area contributed by atoms with E-state index in [1.54, 1.807) is 6.07 Å². The largest absolute Gasteiger partial charge is 0.330 e. The highest BCUT2D eigenvalue weighted by Crippen LogP contribution is 2.31. The number of unbranched alkanes of at least 4 members (excludes halogenated alkanes) is 1. The molecule has 0 unspecified atom stereocenters. The lowest BCUT2D eigenvalue weighted by molar-refractivity contribution is 0.543. The van der Waals surface area contributed by atoms with E-state index in [1.807, 2.05) is 0 Å². The van der Waals surface area contributed by atoms with Gasteiger partial charge in [-0.25, -0.2) is 4.39 Å². The average molecular weight is 265 g/mol. The van der Waals surface area contributed by atoms with Crippen LogP contribution in [0.15, 0.2) is 12.1 Å². The van der Waals surface area contributed by atoms with E-state index in [9.17, 15) is 4.39 Å². The molecule has 0 saturated heterocycles. The van der Waals surface area contributed by atoms with Gasteiger partial charge in [0.25, 0.3) is 0 Å². The van der Waals surface area contributed by atoms with Crippen LogP contribution in [-0.2, 0) is 0 Å². The van der Waals surface area contributed by atoms with Crippen molar-refractivity contribution in [2.45, 2.75) is 25.3 Å². The van der Waals surface area contributed by atoms with Crippen molar-refractivity contribution in [2.75, 3.05) is 6.54 Å². The second-order valence-corrected chi connectivity index (χ2v) is 4.46. The summed E-state index contributed by atoms with van der Waals surface area (Å²) in [5.74, 6) is -0.519. The Morgan fingerprint density at radius 2 is 1.81 bits per heavy atom. The third kappa shape index (κ3) is 3.32. The summed E-state index contributed by atoms with van der Waals surface area (Å²) < 4.78 is 13.7. The van der Waals surface area contributed by atoms with Gasteiger partial charge in [-0.2, -0.15) is 0 Å². The molecule has 0 amide bonds. The van der Waals surface area contributed by atoms with E-state index in [0.29, 0.717) is 23.6 Å². The minimum absolute atomic E-state index is 0.0497. The van der Waals surface area contributed by atoms with E-state index in [0.717, 1.165) is 12.8 Å². The van der Waals surface area contributed by atoms with Crippen LogP contribution in [0, 0.1) is 5.82 Å². The third-order valence-corrected chi connectivity index (χ3v) is 3.04. The molecule has 90 valence electrons. The Bertz CT molecular complexity index is 358. The standard InChI is InChI=1S/C11H15Cl2FN2/c12-7-4-5-8(13)11(14)10(7)9(16)3-1-2-6-15/h4-5,9H,1-3,6,15-16H2/t9-/m0/s1. The quantitative estimate of drug-likeness (QED) is 0.634. The first-order valence-electron chi connectivity index (χ1n) is 5.17. The highest BCUT2D eigenvalue weighted by atomic mass is 35.5. The van der Waals surface area contributed by atoms with Crippen molar-refractivity contribution in [1.29, 1.82) is 0 Å². The van der Waals surface area contributed by atoms with E-state index >= 15 is 0 Å². The number of benzene rings is 1. The number of hydrogen-bond donors (Lipinski definition) is 2. The first kappa shape index (κ1) is 13.7. The Balaban J connectivity index is 2.81. The monoisotopic (exact) mass is 264 g/mol. The zero-order valence-corrected chi connectivity index (χ0v) is 10.4. The van der Waals surface area contributed by atoms with Crippen LogP contribution in [0.1, 0.15) is 30.9 Å². The number of halogens is 3. The maximum Gasteiger partial charge on any atom is 0.148 e. The summed E-state index contributed by atoms with van der Waals surface area (Å²) in [4.78, 5) is 0. The van der Waals surface area contributed by atoms with Gasteiger partial charge in [-0.15, -0.1) is 0 Å². The fourth-order valence-corrected chi connectivity index (χ4v) is 1.99. The molecule has 5 heteroatoms. The second kappa shape index (κ2) is 6.40. The maximum atomic E-state index is 13.7. The van der Waals surface area contributed by atoms with Crippen molar-refractivity contribution in [3.63, 3.8) is 0 Å². The topological polar surface area (TPSA) is 52.0 Å². The summed E-state index contributed by atoms with van der Waals surface area (Å²) in [6.07, 6.45) is 2.36.